The molecular formula is C21H16O2. The van der Waals surface area contributed by atoms with Gasteiger partial charge in [-0.2, -0.15) is 0 Å². The van der Waals surface area contributed by atoms with Crippen molar-refractivity contribution >= 4 is 5.78 Å². The predicted molar refractivity (Wildman–Crippen MR) is 89.4 cm³/mol. The second-order valence-electron chi connectivity index (χ2n) is 5.89. The largest absolute Gasteiger partial charge is 0.379 e. The van der Waals surface area contributed by atoms with Crippen molar-refractivity contribution in [2.24, 2.45) is 0 Å². The Bertz CT molecular complexity index is 855. The highest BCUT2D eigenvalue weighted by Crippen LogP contribution is 2.50. The highest BCUT2D eigenvalue weighted by molar-refractivity contribution is 6.07. The van der Waals surface area contributed by atoms with Gasteiger partial charge >= 0.3 is 0 Å². The summed E-state index contributed by atoms with van der Waals surface area (Å²) in [5.41, 5.74) is 1.53. The number of fused-ring (bicyclic) bond motifs is 1. The summed E-state index contributed by atoms with van der Waals surface area (Å²) in [7, 11) is 0. The SMILES string of the molecule is O=C1c2ccccc2C(O)(c2ccccc2)C1c1ccccc1. The lowest BCUT2D eigenvalue weighted by molar-refractivity contribution is 0.0533. The van der Waals surface area contributed by atoms with Crippen LogP contribution in [0.2, 0.25) is 0 Å². The standard InChI is InChI=1S/C21H16O2/c22-20-17-13-7-8-14-18(17)21(23,16-11-5-2-6-12-16)19(20)15-9-3-1-4-10-15/h1-14,19,23H. The van der Waals surface area contributed by atoms with Gasteiger partial charge in [-0.3, -0.25) is 4.79 Å². The van der Waals surface area contributed by atoms with Crippen LogP contribution in [0.4, 0.5) is 0 Å². The van der Waals surface area contributed by atoms with Crippen LogP contribution in [0.3, 0.4) is 0 Å². The Morgan fingerprint density at radius 1 is 0.739 bits per heavy atom. The molecule has 2 unspecified atom stereocenters. The second-order valence-corrected chi connectivity index (χ2v) is 5.89. The molecule has 2 atom stereocenters. The van der Waals surface area contributed by atoms with Gasteiger partial charge in [-0.25, -0.2) is 0 Å². The molecule has 1 N–H and O–H groups in total. The minimum atomic E-state index is -1.34. The highest BCUT2D eigenvalue weighted by atomic mass is 16.3. The average molecular weight is 300 g/mol. The lowest BCUT2D eigenvalue weighted by Gasteiger charge is -2.31. The zero-order valence-electron chi connectivity index (χ0n) is 12.5. The first-order chi connectivity index (χ1) is 11.2. The molecule has 2 heteroatoms. The Kier molecular flexibility index (Phi) is 3.14. The van der Waals surface area contributed by atoms with Gasteiger partial charge in [-0.05, 0) is 16.7 Å². The van der Waals surface area contributed by atoms with Crippen molar-refractivity contribution in [3.63, 3.8) is 0 Å². The van der Waals surface area contributed by atoms with E-state index >= 15 is 0 Å². The number of ketones is 1. The lowest BCUT2D eigenvalue weighted by Crippen LogP contribution is -2.33. The number of aliphatic hydroxyl groups is 1. The Morgan fingerprint density at radius 3 is 2.00 bits per heavy atom. The molecular weight excluding hydrogens is 284 g/mol. The third-order valence-corrected chi connectivity index (χ3v) is 4.63. The molecule has 0 amide bonds. The first kappa shape index (κ1) is 13.9. The minimum Gasteiger partial charge on any atom is -0.379 e. The molecule has 112 valence electrons. The summed E-state index contributed by atoms with van der Waals surface area (Å²) in [5.74, 6) is -0.651. The highest BCUT2D eigenvalue weighted by Gasteiger charge is 2.52. The number of Topliss-reactive ketones (excluding diaryl/α,β-unsaturated/α-hetero) is 1. The van der Waals surface area contributed by atoms with Gasteiger partial charge in [0.15, 0.2) is 5.78 Å². The van der Waals surface area contributed by atoms with Gasteiger partial charge in [-0.1, -0.05) is 84.9 Å². The molecule has 2 nitrogen and oxygen atoms in total. The van der Waals surface area contributed by atoms with Crippen LogP contribution >= 0.6 is 0 Å². The molecule has 0 saturated heterocycles. The minimum absolute atomic E-state index is 0.0295. The Morgan fingerprint density at radius 2 is 1.30 bits per heavy atom. The number of hydrogen-bond donors (Lipinski definition) is 1. The van der Waals surface area contributed by atoms with Crippen LogP contribution in [0.1, 0.15) is 33.0 Å². The molecule has 3 aromatic rings. The van der Waals surface area contributed by atoms with Crippen LogP contribution in [-0.2, 0) is 5.60 Å². The molecule has 0 saturated carbocycles. The van der Waals surface area contributed by atoms with E-state index in [0.29, 0.717) is 11.1 Å². The van der Waals surface area contributed by atoms with E-state index in [1.54, 1.807) is 6.07 Å². The van der Waals surface area contributed by atoms with Crippen molar-refractivity contribution in [1.29, 1.82) is 0 Å². The van der Waals surface area contributed by atoms with Gasteiger partial charge < -0.3 is 5.11 Å². The van der Waals surface area contributed by atoms with E-state index in [1.807, 2.05) is 78.9 Å². The maximum atomic E-state index is 13.0. The summed E-state index contributed by atoms with van der Waals surface area (Å²) in [5, 5.41) is 11.7. The van der Waals surface area contributed by atoms with Crippen molar-refractivity contribution in [3.05, 3.63) is 107 Å². The van der Waals surface area contributed by atoms with Gasteiger partial charge in [0.1, 0.15) is 5.60 Å². The van der Waals surface area contributed by atoms with Crippen molar-refractivity contribution in [3.8, 4) is 0 Å². The van der Waals surface area contributed by atoms with Crippen molar-refractivity contribution in [2.75, 3.05) is 0 Å². The Labute approximate surface area is 135 Å². The van der Waals surface area contributed by atoms with E-state index < -0.39 is 11.5 Å². The smallest absolute Gasteiger partial charge is 0.174 e. The fraction of sp³-hybridized carbons (Fsp3) is 0.0952. The monoisotopic (exact) mass is 300 g/mol. The average Bonchev–Trinajstić information content (AvgIpc) is 2.86. The maximum Gasteiger partial charge on any atom is 0.174 e. The number of hydrogen-bond acceptors (Lipinski definition) is 2. The van der Waals surface area contributed by atoms with Crippen LogP contribution in [0.15, 0.2) is 84.9 Å². The molecule has 0 bridgehead atoms. The number of rotatable bonds is 2. The van der Waals surface area contributed by atoms with E-state index in [-0.39, 0.29) is 5.78 Å². The molecule has 3 aromatic carbocycles. The van der Waals surface area contributed by atoms with E-state index in [9.17, 15) is 9.90 Å². The van der Waals surface area contributed by atoms with Gasteiger partial charge in [0, 0.05) is 5.56 Å². The van der Waals surface area contributed by atoms with E-state index in [0.717, 1.165) is 11.1 Å². The van der Waals surface area contributed by atoms with Gasteiger partial charge in [0.25, 0.3) is 0 Å². The van der Waals surface area contributed by atoms with E-state index in [2.05, 4.69) is 0 Å². The summed E-state index contributed by atoms with van der Waals surface area (Å²) in [6.07, 6.45) is 0. The van der Waals surface area contributed by atoms with E-state index in [4.69, 9.17) is 0 Å². The fourth-order valence-electron chi connectivity index (χ4n) is 3.58. The predicted octanol–water partition coefficient (Wildman–Crippen LogP) is 3.90. The molecule has 0 aliphatic heterocycles. The van der Waals surface area contributed by atoms with Gasteiger partial charge in [0.05, 0.1) is 5.92 Å². The molecule has 0 spiro atoms. The molecule has 0 heterocycles. The number of benzene rings is 3. The van der Waals surface area contributed by atoms with Crippen LogP contribution < -0.4 is 0 Å². The fourth-order valence-corrected chi connectivity index (χ4v) is 3.58. The molecule has 0 aromatic heterocycles. The molecule has 4 rings (SSSR count). The van der Waals surface area contributed by atoms with E-state index in [1.165, 1.54) is 0 Å². The van der Waals surface area contributed by atoms with Crippen molar-refractivity contribution < 1.29 is 9.90 Å². The molecule has 1 aliphatic rings. The maximum absolute atomic E-state index is 13.0. The van der Waals surface area contributed by atoms with Crippen LogP contribution in [0.25, 0.3) is 0 Å². The molecule has 1 aliphatic carbocycles. The first-order valence-corrected chi connectivity index (χ1v) is 7.69. The van der Waals surface area contributed by atoms with Crippen LogP contribution in [-0.4, -0.2) is 10.9 Å². The summed E-state index contributed by atoms with van der Waals surface area (Å²) in [6.45, 7) is 0. The number of carbonyl (C=O) groups excluding carboxylic acids is 1. The van der Waals surface area contributed by atoms with Crippen LogP contribution in [0, 0.1) is 0 Å². The summed E-state index contributed by atoms with van der Waals surface area (Å²) in [6, 6.07) is 26.3. The Hall–Kier alpha value is -2.71. The van der Waals surface area contributed by atoms with Gasteiger partial charge in [-0.15, -0.1) is 0 Å². The number of carbonyl (C=O) groups is 1. The molecule has 0 radical (unpaired) electrons. The van der Waals surface area contributed by atoms with Crippen molar-refractivity contribution in [2.45, 2.75) is 11.5 Å². The quantitative estimate of drug-likeness (QED) is 0.779. The van der Waals surface area contributed by atoms with Crippen LogP contribution in [0.5, 0.6) is 0 Å². The third-order valence-electron chi connectivity index (χ3n) is 4.63. The Balaban J connectivity index is 2.01. The molecule has 23 heavy (non-hydrogen) atoms. The summed E-state index contributed by atoms with van der Waals surface area (Å²) in [4.78, 5) is 13.0. The molecule has 0 fully saturated rings. The lowest BCUT2D eigenvalue weighted by atomic mass is 9.77. The summed E-state index contributed by atoms with van der Waals surface area (Å²) < 4.78 is 0. The van der Waals surface area contributed by atoms with Gasteiger partial charge in [0.2, 0.25) is 0 Å². The zero-order valence-corrected chi connectivity index (χ0v) is 12.5. The first-order valence-electron chi connectivity index (χ1n) is 7.69. The zero-order chi connectivity index (χ0) is 15.9. The topological polar surface area (TPSA) is 37.3 Å². The second kappa shape index (κ2) is 5.18. The normalized spacial score (nSPS) is 22.8. The third kappa shape index (κ3) is 1.96. The van der Waals surface area contributed by atoms with Crippen molar-refractivity contribution in [1.82, 2.24) is 0 Å². The summed E-state index contributed by atoms with van der Waals surface area (Å²) >= 11 is 0.